The second-order valence-electron chi connectivity index (χ2n) is 13.9. The van der Waals surface area contributed by atoms with Crippen LogP contribution < -0.4 is 5.32 Å². The molecular formula is C46H42N2. The lowest BCUT2D eigenvalue weighted by atomic mass is 9.75. The van der Waals surface area contributed by atoms with Crippen LogP contribution in [0.3, 0.4) is 0 Å². The molecule has 1 N–H and O–H groups in total. The highest BCUT2D eigenvalue weighted by molar-refractivity contribution is 6.13. The molecule has 2 heterocycles. The van der Waals surface area contributed by atoms with E-state index < -0.39 is 0 Å². The van der Waals surface area contributed by atoms with Gasteiger partial charge in [-0.15, -0.1) is 0 Å². The highest BCUT2D eigenvalue weighted by Gasteiger charge is 2.34. The van der Waals surface area contributed by atoms with E-state index in [1.165, 1.54) is 72.0 Å². The van der Waals surface area contributed by atoms with Gasteiger partial charge in [-0.1, -0.05) is 129 Å². The number of nitrogens with zero attached hydrogens (tertiary/aromatic N) is 1. The Morgan fingerprint density at radius 1 is 0.729 bits per heavy atom. The Kier molecular flexibility index (Phi) is 7.33. The standard InChI is InChI=1S/C46H42N2/c1-6-12-43-31(3)46(4,5)41-18-11-17-38-40-29-36(24-26-44(40)48(43)45(38)41)33-19-21-34(22-20-33)39-28-35(32-14-8-7-9-15-32)23-25-42(39)47-37-16-10-13-30(2)27-37/h6-29,39,42,47H,1-5H3/b12-6-. The zero-order valence-electron chi connectivity index (χ0n) is 28.5. The van der Waals surface area contributed by atoms with Gasteiger partial charge in [0.2, 0.25) is 0 Å². The zero-order chi connectivity index (χ0) is 33.0. The smallest absolute Gasteiger partial charge is 0.0581 e. The topological polar surface area (TPSA) is 17.0 Å². The average molecular weight is 623 g/mol. The number of benzene rings is 5. The number of nitrogens with one attached hydrogen (secondary N) is 1. The van der Waals surface area contributed by atoms with Gasteiger partial charge in [0, 0.05) is 33.5 Å². The fourth-order valence-electron chi connectivity index (χ4n) is 7.82. The first-order valence-electron chi connectivity index (χ1n) is 17.1. The number of hydrogen-bond donors (Lipinski definition) is 1. The molecule has 1 aliphatic heterocycles. The number of para-hydroxylation sites is 1. The summed E-state index contributed by atoms with van der Waals surface area (Å²) in [5, 5.41) is 6.44. The Morgan fingerprint density at radius 2 is 1.50 bits per heavy atom. The third-order valence-corrected chi connectivity index (χ3v) is 10.7. The number of rotatable bonds is 6. The van der Waals surface area contributed by atoms with Crippen LogP contribution in [0.5, 0.6) is 0 Å². The molecule has 0 spiro atoms. The Morgan fingerprint density at radius 3 is 2.27 bits per heavy atom. The van der Waals surface area contributed by atoms with Crippen molar-refractivity contribution in [3.05, 3.63) is 173 Å². The van der Waals surface area contributed by atoms with Crippen LogP contribution in [0.15, 0.2) is 151 Å². The van der Waals surface area contributed by atoms with Crippen LogP contribution in [0.25, 0.3) is 44.2 Å². The fraction of sp³-hybridized carbons (Fsp3) is 0.174. The van der Waals surface area contributed by atoms with Gasteiger partial charge in [-0.25, -0.2) is 0 Å². The molecule has 6 aromatic rings. The van der Waals surface area contributed by atoms with Gasteiger partial charge in [0.25, 0.3) is 0 Å². The highest BCUT2D eigenvalue weighted by Crippen LogP contribution is 2.47. The van der Waals surface area contributed by atoms with E-state index in [1.807, 2.05) is 0 Å². The molecule has 0 amide bonds. The van der Waals surface area contributed by atoms with Crippen molar-refractivity contribution in [1.29, 1.82) is 0 Å². The van der Waals surface area contributed by atoms with Crippen LogP contribution in [0, 0.1) is 6.92 Å². The monoisotopic (exact) mass is 622 g/mol. The predicted octanol–water partition coefficient (Wildman–Crippen LogP) is 12.1. The van der Waals surface area contributed by atoms with E-state index in [0.29, 0.717) is 0 Å². The molecular weight excluding hydrogens is 581 g/mol. The molecule has 236 valence electrons. The first-order chi connectivity index (χ1) is 23.3. The lowest BCUT2D eigenvalue weighted by molar-refractivity contribution is 0.619. The van der Waals surface area contributed by atoms with E-state index in [9.17, 15) is 0 Å². The van der Waals surface area contributed by atoms with Gasteiger partial charge in [-0.05, 0) is 95.6 Å². The zero-order valence-corrected chi connectivity index (χ0v) is 28.5. The summed E-state index contributed by atoms with van der Waals surface area (Å²) in [4.78, 5) is 0. The van der Waals surface area contributed by atoms with Crippen LogP contribution in [0.1, 0.15) is 55.9 Å². The van der Waals surface area contributed by atoms with Crippen molar-refractivity contribution in [3.8, 4) is 11.1 Å². The van der Waals surface area contributed by atoms with Crippen LogP contribution >= 0.6 is 0 Å². The van der Waals surface area contributed by atoms with Crippen molar-refractivity contribution in [2.24, 2.45) is 0 Å². The molecule has 0 radical (unpaired) electrons. The molecule has 2 heteroatoms. The average Bonchev–Trinajstić information content (AvgIpc) is 3.44. The van der Waals surface area contributed by atoms with Crippen LogP contribution in [-0.2, 0) is 5.41 Å². The van der Waals surface area contributed by atoms with E-state index in [4.69, 9.17) is 0 Å². The number of fused-ring (bicyclic) bond motifs is 3. The molecule has 1 aromatic heterocycles. The van der Waals surface area contributed by atoms with Gasteiger partial charge >= 0.3 is 0 Å². The third kappa shape index (κ3) is 4.95. The summed E-state index contributed by atoms with van der Waals surface area (Å²) in [7, 11) is 0. The van der Waals surface area contributed by atoms with Crippen molar-refractivity contribution in [2.75, 3.05) is 5.32 Å². The largest absolute Gasteiger partial charge is 0.378 e. The van der Waals surface area contributed by atoms with E-state index >= 15 is 0 Å². The van der Waals surface area contributed by atoms with Gasteiger partial charge in [-0.2, -0.15) is 0 Å². The Balaban J connectivity index is 1.19. The van der Waals surface area contributed by atoms with Crippen molar-refractivity contribution >= 4 is 38.8 Å². The highest BCUT2D eigenvalue weighted by atomic mass is 15.0. The van der Waals surface area contributed by atoms with Gasteiger partial charge in [-0.3, -0.25) is 0 Å². The summed E-state index contributed by atoms with van der Waals surface area (Å²) >= 11 is 0. The fourth-order valence-corrected chi connectivity index (χ4v) is 7.82. The molecule has 0 bridgehead atoms. The molecule has 0 saturated carbocycles. The SMILES string of the molecule is C/C=C\C1=C(C)C(C)(C)c2cccc3c4cc(-c5ccc(C6C=C(c7ccccc7)C=CC6Nc6cccc(C)c6)cc5)ccc4n1c23. The molecule has 8 rings (SSSR count). The second kappa shape index (κ2) is 11.7. The molecule has 2 nitrogen and oxygen atoms in total. The number of hydrogen-bond acceptors (Lipinski definition) is 1. The quantitative estimate of drug-likeness (QED) is 0.196. The van der Waals surface area contributed by atoms with Gasteiger partial charge in [0.15, 0.2) is 0 Å². The van der Waals surface area contributed by atoms with Gasteiger partial charge in [0.05, 0.1) is 17.1 Å². The van der Waals surface area contributed by atoms with Crippen LogP contribution in [0.4, 0.5) is 5.69 Å². The molecule has 2 atom stereocenters. The van der Waals surface area contributed by atoms with Crippen molar-refractivity contribution in [1.82, 2.24) is 4.57 Å². The minimum atomic E-state index is -0.0351. The molecule has 5 aromatic carbocycles. The van der Waals surface area contributed by atoms with E-state index in [2.05, 4.69) is 190 Å². The Labute approximate surface area is 284 Å². The van der Waals surface area contributed by atoms with Gasteiger partial charge < -0.3 is 9.88 Å². The Bertz CT molecular complexity index is 2310. The summed E-state index contributed by atoms with van der Waals surface area (Å²) < 4.78 is 2.49. The van der Waals surface area contributed by atoms with Crippen molar-refractivity contribution in [3.63, 3.8) is 0 Å². The number of allylic oxidation sites excluding steroid dienone is 6. The minimum absolute atomic E-state index is 0.0351. The summed E-state index contributed by atoms with van der Waals surface area (Å²) in [5.41, 5.74) is 15.3. The molecule has 2 aliphatic rings. The van der Waals surface area contributed by atoms with E-state index in [0.717, 1.165) is 5.69 Å². The first kappa shape index (κ1) is 30.0. The summed E-state index contributed by atoms with van der Waals surface area (Å²) in [6.07, 6.45) is 11.5. The van der Waals surface area contributed by atoms with Gasteiger partial charge in [0.1, 0.15) is 0 Å². The summed E-state index contributed by atoms with van der Waals surface area (Å²) in [6.45, 7) is 11.3. The van der Waals surface area contributed by atoms with Crippen molar-refractivity contribution in [2.45, 2.75) is 52.0 Å². The predicted molar refractivity (Wildman–Crippen MR) is 206 cm³/mol. The minimum Gasteiger partial charge on any atom is -0.378 e. The molecule has 0 saturated heterocycles. The van der Waals surface area contributed by atoms with Crippen molar-refractivity contribution < 1.29 is 0 Å². The maximum absolute atomic E-state index is 3.82. The summed E-state index contributed by atoms with van der Waals surface area (Å²) in [5.74, 6) is 0.184. The molecule has 1 aliphatic carbocycles. The molecule has 48 heavy (non-hydrogen) atoms. The summed E-state index contributed by atoms with van der Waals surface area (Å²) in [6, 6.07) is 42.6. The van der Waals surface area contributed by atoms with Crippen LogP contribution in [-0.4, -0.2) is 10.6 Å². The number of anilines is 1. The molecule has 0 fully saturated rings. The lowest BCUT2D eigenvalue weighted by Crippen LogP contribution is -2.26. The van der Waals surface area contributed by atoms with E-state index in [-0.39, 0.29) is 17.4 Å². The second-order valence-corrected chi connectivity index (χ2v) is 13.9. The Hall–Kier alpha value is -5.34. The molecule has 2 unspecified atom stereocenters. The van der Waals surface area contributed by atoms with Crippen LogP contribution in [0.2, 0.25) is 0 Å². The van der Waals surface area contributed by atoms with E-state index in [1.54, 1.807) is 0 Å². The maximum Gasteiger partial charge on any atom is 0.0581 e. The number of aryl methyl sites for hydroxylation is 1. The lowest BCUT2D eigenvalue weighted by Gasteiger charge is -2.34. The normalized spacial score (nSPS) is 18.6. The number of aromatic nitrogens is 1. The maximum atomic E-state index is 3.82. The third-order valence-electron chi connectivity index (χ3n) is 10.7. The first-order valence-corrected chi connectivity index (χ1v) is 17.1.